The molecule has 6 heteroatoms. The molecule has 0 aliphatic heterocycles. The number of pyridine rings is 1. The Bertz CT molecular complexity index is 1270. The van der Waals surface area contributed by atoms with Gasteiger partial charge in [-0.2, -0.15) is 0 Å². The smallest absolute Gasteiger partial charge is 0.244 e. The molecule has 1 N–H and O–H groups in total. The van der Waals surface area contributed by atoms with E-state index in [4.69, 9.17) is 4.52 Å². The van der Waals surface area contributed by atoms with E-state index in [1.807, 2.05) is 53.1 Å². The van der Waals surface area contributed by atoms with Crippen LogP contribution in [0.25, 0.3) is 22.0 Å². The van der Waals surface area contributed by atoms with Crippen LogP contribution in [0.4, 0.5) is 5.69 Å². The zero-order chi connectivity index (χ0) is 21.3. The van der Waals surface area contributed by atoms with E-state index in [-0.39, 0.29) is 17.9 Å². The predicted molar refractivity (Wildman–Crippen MR) is 118 cm³/mol. The Morgan fingerprint density at radius 1 is 1.13 bits per heavy atom. The number of hydrogen-bond acceptors (Lipinski definition) is 4. The van der Waals surface area contributed by atoms with Crippen LogP contribution in [-0.2, 0) is 17.8 Å². The first-order chi connectivity index (χ1) is 14.5. The topological polar surface area (TPSA) is 77.1 Å². The highest BCUT2D eigenvalue weighted by Crippen LogP contribution is 2.22. The molecule has 0 fully saturated rings. The van der Waals surface area contributed by atoms with Crippen LogP contribution in [0.3, 0.4) is 0 Å². The molecule has 6 nitrogen and oxygen atoms in total. The van der Waals surface area contributed by atoms with Gasteiger partial charge in [0.05, 0.1) is 5.52 Å². The van der Waals surface area contributed by atoms with E-state index >= 15 is 0 Å². The molecule has 152 valence electrons. The molecule has 0 aliphatic carbocycles. The van der Waals surface area contributed by atoms with Crippen LogP contribution in [0, 0.1) is 13.8 Å². The molecule has 2 aromatic heterocycles. The van der Waals surface area contributed by atoms with Crippen molar-refractivity contribution < 1.29 is 9.32 Å². The Balaban J connectivity index is 1.81. The normalized spacial score (nSPS) is 11.0. The van der Waals surface area contributed by atoms with Gasteiger partial charge < -0.3 is 14.4 Å². The van der Waals surface area contributed by atoms with Crippen molar-refractivity contribution in [3.05, 3.63) is 82.0 Å². The maximum atomic E-state index is 13.2. The van der Waals surface area contributed by atoms with Crippen LogP contribution in [0.1, 0.15) is 23.9 Å². The van der Waals surface area contributed by atoms with Crippen molar-refractivity contribution in [2.45, 2.75) is 33.7 Å². The minimum Gasteiger partial charge on any atom is -0.359 e. The maximum absolute atomic E-state index is 13.2. The Labute approximate surface area is 174 Å². The number of fused-ring (bicyclic) bond motifs is 1. The molecule has 0 spiro atoms. The van der Waals surface area contributed by atoms with Gasteiger partial charge in [0, 0.05) is 17.1 Å². The molecule has 30 heavy (non-hydrogen) atoms. The highest BCUT2D eigenvalue weighted by Gasteiger charge is 2.16. The van der Waals surface area contributed by atoms with Gasteiger partial charge in [-0.3, -0.25) is 9.59 Å². The molecule has 2 aromatic carbocycles. The molecule has 0 saturated heterocycles. The van der Waals surface area contributed by atoms with Gasteiger partial charge in [0.1, 0.15) is 17.9 Å². The molecule has 0 unspecified atom stereocenters. The lowest BCUT2D eigenvalue weighted by Crippen LogP contribution is -2.22. The monoisotopic (exact) mass is 401 g/mol. The number of carbonyl (C=O) groups is 1. The summed E-state index contributed by atoms with van der Waals surface area (Å²) in [5, 5.41) is 7.35. The highest BCUT2D eigenvalue weighted by molar-refractivity contribution is 5.93. The van der Waals surface area contributed by atoms with Crippen molar-refractivity contribution in [3.8, 4) is 11.1 Å². The first-order valence-corrected chi connectivity index (χ1v) is 9.92. The number of benzene rings is 2. The third-order valence-corrected chi connectivity index (χ3v) is 5.25. The van der Waals surface area contributed by atoms with Crippen LogP contribution in [-0.4, -0.2) is 15.6 Å². The van der Waals surface area contributed by atoms with Crippen molar-refractivity contribution in [1.29, 1.82) is 0 Å². The predicted octanol–water partition coefficient (Wildman–Crippen LogP) is 4.47. The summed E-state index contributed by atoms with van der Waals surface area (Å²) in [7, 11) is 0. The fraction of sp³-hybridized carbons (Fsp3) is 0.208. The number of carbonyl (C=O) groups excluding carboxylic acids is 1. The molecule has 0 atom stereocenters. The van der Waals surface area contributed by atoms with Crippen molar-refractivity contribution in [2.24, 2.45) is 0 Å². The third kappa shape index (κ3) is 3.64. The minimum absolute atomic E-state index is 0.0405. The van der Waals surface area contributed by atoms with E-state index < -0.39 is 0 Å². The highest BCUT2D eigenvalue weighted by atomic mass is 16.5. The van der Waals surface area contributed by atoms with Gasteiger partial charge in [-0.15, -0.1) is 0 Å². The average Bonchev–Trinajstić information content (AvgIpc) is 3.08. The Kier molecular flexibility index (Phi) is 5.23. The van der Waals surface area contributed by atoms with E-state index in [1.165, 1.54) is 0 Å². The molecule has 4 aromatic rings. The van der Waals surface area contributed by atoms with Gasteiger partial charge in [0.25, 0.3) is 0 Å². The number of amides is 1. The molecule has 0 bridgehead atoms. The summed E-state index contributed by atoms with van der Waals surface area (Å²) in [4.78, 5) is 26.0. The summed E-state index contributed by atoms with van der Waals surface area (Å²) >= 11 is 0. The van der Waals surface area contributed by atoms with Crippen LogP contribution >= 0.6 is 0 Å². The fourth-order valence-electron chi connectivity index (χ4n) is 3.61. The molecule has 4 rings (SSSR count). The summed E-state index contributed by atoms with van der Waals surface area (Å²) < 4.78 is 6.97. The van der Waals surface area contributed by atoms with Gasteiger partial charge >= 0.3 is 0 Å². The molecule has 0 aliphatic rings. The largest absolute Gasteiger partial charge is 0.359 e. The van der Waals surface area contributed by atoms with E-state index in [0.717, 1.165) is 23.1 Å². The summed E-state index contributed by atoms with van der Waals surface area (Å²) in [6.45, 7) is 5.66. The summed E-state index contributed by atoms with van der Waals surface area (Å²) in [6, 6.07) is 15.3. The quantitative estimate of drug-likeness (QED) is 0.535. The van der Waals surface area contributed by atoms with Crippen LogP contribution in [0.5, 0.6) is 0 Å². The summed E-state index contributed by atoms with van der Waals surface area (Å²) in [5.74, 6) is 0.346. The number of nitrogens with zero attached hydrogens (tertiary/aromatic N) is 2. The molecule has 0 radical (unpaired) electrons. The molecular weight excluding hydrogens is 378 g/mol. The number of anilines is 1. The van der Waals surface area contributed by atoms with Crippen LogP contribution < -0.4 is 10.7 Å². The minimum atomic E-state index is -0.213. The standard InChI is InChI=1S/C24H23N3O3/c1-4-17-10-11-19-21(12-17)27(13-20(24(19)29)18-8-6-5-7-9-18)14-22(28)25-23-15(2)26-30-16(23)3/h5-13H,4,14H2,1-3H3,(H,25,28). The lowest BCUT2D eigenvalue weighted by molar-refractivity contribution is -0.116. The molecule has 2 heterocycles. The second-order valence-electron chi connectivity index (χ2n) is 7.32. The number of rotatable bonds is 5. The Morgan fingerprint density at radius 3 is 2.57 bits per heavy atom. The van der Waals surface area contributed by atoms with Crippen molar-refractivity contribution in [2.75, 3.05) is 5.32 Å². The lowest BCUT2D eigenvalue weighted by Gasteiger charge is -2.15. The summed E-state index contributed by atoms with van der Waals surface area (Å²) in [5.41, 5.74) is 4.41. The third-order valence-electron chi connectivity index (χ3n) is 5.25. The first kappa shape index (κ1) is 19.6. The van der Waals surface area contributed by atoms with Gasteiger partial charge in [0.15, 0.2) is 11.2 Å². The zero-order valence-electron chi connectivity index (χ0n) is 17.2. The first-order valence-electron chi connectivity index (χ1n) is 9.92. The van der Waals surface area contributed by atoms with Gasteiger partial charge in [0.2, 0.25) is 5.91 Å². The Morgan fingerprint density at radius 2 is 1.90 bits per heavy atom. The van der Waals surface area contributed by atoms with Gasteiger partial charge in [-0.25, -0.2) is 0 Å². The molecule has 0 saturated carbocycles. The van der Waals surface area contributed by atoms with E-state index in [9.17, 15) is 9.59 Å². The molecule has 1 amide bonds. The van der Waals surface area contributed by atoms with Crippen molar-refractivity contribution in [1.82, 2.24) is 9.72 Å². The maximum Gasteiger partial charge on any atom is 0.244 e. The van der Waals surface area contributed by atoms with E-state index in [1.54, 1.807) is 20.0 Å². The van der Waals surface area contributed by atoms with Crippen LogP contribution in [0.15, 0.2) is 64.0 Å². The Hall–Kier alpha value is -3.67. The van der Waals surface area contributed by atoms with E-state index in [2.05, 4.69) is 17.4 Å². The number of nitrogens with one attached hydrogen (secondary N) is 1. The average molecular weight is 401 g/mol. The number of aryl methyl sites for hydroxylation is 3. The number of aromatic nitrogens is 2. The van der Waals surface area contributed by atoms with Gasteiger partial charge in [-0.05, 0) is 43.5 Å². The lowest BCUT2D eigenvalue weighted by atomic mass is 10.0. The fourth-order valence-corrected chi connectivity index (χ4v) is 3.61. The van der Waals surface area contributed by atoms with Crippen molar-refractivity contribution >= 4 is 22.5 Å². The number of hydrogen-bond donors (Lipinski definition) is 1. The van der Waals surface area contributed by atoms with Crippen molar-refractivity contribution in [3.63, 3.8) is 0 Å². The van der Waals surface area contributed by atoms with Crippen LogP contribution in [0.2, 0.25) is 0 Å². The SMILES string of the molecule is CCc1ccc2c(=O)c(-c3ccccc3)cn(CC(=O)Nc3c(C)noc3C)c2c1. The second kappa shape index (κ2) is 7.99. The molecular formula is C24H23N3O3. The van der Waals surface area contributed by atoms with E-state index in [0.29, 0.717) is 28.1 Å². The second-order valence-corrected chi connectivity index (χ2v) is 7.32. The summed E-state index contributed by atoms with van der Waals surface area (Å²) in [6.07, 6.45) is 2.61. The zero-order valence-corrected chi connectivity index (χ0v) is 17.2. The van der Waals surface area contributed by atoms with Gasteiger partial charge in [-0.1, -0.05) is 48.5 Å².